The van der Waals surface area contributed by atoms with Gasteiger partial charge in [-0.15, -0.1) is 0 Å². The maximum atomic E-state index is 10.8. The van der Waals surface area contributed by atoms with E-state index in [2.05, 4.69) is 29.8 Å². The largest absolute Gasteiger partial charge is 0.281 e. The lowest BCUT2D eigenvalue weighted by Gasteiger charge is -2.04. The molecular weight excluding hydrogens is 216 g/mol. The molecule has 0 aromatic heterocycles. The average molecular weight is 227 g/mol. The number of hydrogen-bond acceptors (Lipinski definition) is 1. The van der Waals surface area contributed by atoms with E-state index >= 15 is 0 Å². The van der Waals surface area contributed by atoms with E-state index < -0.39 is 0 Å². The lowest BCUT2D eigenvalue weighted by molar-refractivity contribution is 0.109. The number of carbonyl (C=O) groups is 1. The van der Waals surface area contributed by atoms with Crippen molar-refractivity contribution in [2.45, 2.75) is 19.8 Å². The zero-order chi connectivity index (χ0) is 9.14. The van der Waals surface area contributed by atoms with Gasteiger partial charge in [-0.3, -0.25) is 4.79 Å². The number of halogens is 1. The zero-order valence-electron chi connectivity index (χ0n) is 7.17. The molecule has 64 valence electrons. The van der Waals surface area contributed by atoms with Gasteiger partial charge in [0.25, 0.3) is 0 Å². The van der Waals surface area contributed by atoms with Crippen LogP contribution in [0.15, 0.2) is 24.3 Å². The van der Waals surface area contributed by atoms with Crippen LogP contribution in [0.5, 0.6) is 0 Å². The number of carbonyl (C=O) groups excluding carboxylic acids is 1. The summed E-state index contributed by atoms with van der Waals surface area (Å²) in [6.45, 7) is 4.26. The van der Waals surface area contributed by atoms with E-state index in [0.29, 0.717) is 11.5 Å². The molecule has 0 unspecified atom stereocenters. The summed E-state index contributed by atoms with van der Waals surface area (Å²) in [5, 5.41) is 0. The fourth-order valence-electron chi connectivity index (χ4n) is 0.999. The highest BCUT2D eigenvalue weighted by molar-refractivity contribution is 9.18. The molecule has 2 heteroatoms. The summed E-state index contributed by atoms with van der Waals surface area (Å²) in [7, 11) is 0. The van der Waals surface area contributed by atoms with Gasteiger partial charge < -0.3 is 0 Å². The second-order valence-electron chi connectivity index (χ2n) is 3.05. The van der Waals surface area contributed by atoms with Crippen LogP contribution in [0.1, 0.15) is 35.7 Å². The molecule has 0 amide bonds. The molecule has 0 bridgehead atoms. The lowest BCUT2D eigenvalue weighted by Crippen LogP contribution is -1.90. The minimum absolute atomic E-state index is 0.0576. The molecular formula is C10H11BrO. The first-order valence-electron chi connectivity index (χ1n) is 3.91. The highest BCUT2D eigenvalue weighted by Crippen LogP contribution is 2.15. The van der Waals surface area contributed by atoms with Gasteiger partial charge >= 0.3 is 0 Å². The van der Waals surface area contributed by atoms with Crippen LogP contribution < -0.4 is 0 Å². The molecule has 0 saturated heterocycles. The van der Waals surface area contributed by atoms with E-state index in [-0.39, 0.29) is 4.69 Å². The maximum absolute atomic E-state index is 10.8. The smallest absolute Gasteiger partial charge is 0.228 e. The van der Waals surface area contributed by atoms with Gasteiger partial charge in [0.05, 0.1) is 0 Å². The molecule has 0 aliphatic rings. The van der Waals surface area contributed by atoms with E-state index in [4.69, 9.17) is 0 Å². The minimum Gasteiger partial charge on any atom is -0.281 e. The zero-order valence-corrected chi connectivity index (χ0v) is 8.76. The topological polar surface area (TPSA) is 17.1 Å². The summed E-state index contributed by atoms with van der Waals surface area (Å²) in [5.41, 5.74) is 1.96. The molecule has 0 fully saturated rings. The Morgan fingerprint density at radius 1 is 1.25 bits per heavy atom. The van der Waals surface area contributed by atoms with Crippen LogP contribution in [0.2, 0.25) is 0 Å². The van der Waals surface area contributed by atoms with Crippen LogP contribution in [0, 0.1) is 0 Å². The molecule has 0 aliphatic carbocycles. The average Bonchev–Trinajstić information content (AvgIpc) is 2.04. The number of benzene rings is 1. The fourth-order valence-corrected chi connectivity index (χ4v) is 1.26. The molecule has 0 radical (unpaired) electrons. The maximum Gasteiger partial charge on any atom is 0.228 e. The van der Waals surface area contributed by atoms with Crippen molar-refractivity contribution in [2.24, 2.45) is 0 Å². The summed E-state index contributed by atoms with van der Waals surface area (Å²) < 4.78 is -0.0576. The van der Waals surface area contributed by atoms with Gasteiger partial charge in [0.1, 0.15) is 0 Å². The van der Waals surface area contributed by atoms with Crippen molar-refractivity contribution in [3.63, 3.8) is 0 Å². The fraction of sp³-hybridized carbons (Fsp3) is 0.300. The van der Waals surface area contributed by atoms with E-state index in [0.717, 1.165) is 0 Å². The number of hydrogen-bond donors (Lipinski definition) is 0. The molecule has 12 heavy (non-hydrogen) atoms. The summed E-state index contributed by atoms with van der Waals surface area (Å²) >= 11 is 2.91. The van der Waals surface area contributed by atoms with Gasteiger partial charge in [-0.2, -0.15) is 0 Å². The molecule has 0 saturated carbocycles. The second kappa shape index (κ2) is 3.85. The molecule has 1 nitrogen and oxygen atoms in total. The van der Waals surface area contributed by atoms with Crippen molar-refractivity contribution < 1.29 is 4.79 Å². The van der Waals surface area contributed by atoms with Crippen molar-refractivity contribution in [1.29, 1.82) is 0 Å². The molecule has 0 spiro atoms. The standard InChI is InChI=1S/C10H11BrO/c1-7(2)8-3-5-9(6-4-8)10(11)12/h3-7H,1-2H3. The first kappa shape index (κ1) is 9.46. The Morgan fingerprint density at radius 3 is 2.08 bits per heavy atom. The van der Waals surface area contributed by atoms with Crippen LogP contribution in [-0.2, 0) is 0 Å². The predicted octanol–water partition coefficient (Wildman–Crippen LogP) is 3.35. The molecule has 0 aliphatic heterocycles. The summed E-state index contributed by atoms with van der Waals surface area (Å²) in [6, 6.07) is 7.65. The molecule has 1 aromatic carbocycles. The third kappa shape index (κ3) is 2.18. The van der Waals surface area contributed by atoms with Gasteiger partial charge in [-0.05, 0) is 27.4 Å². The Kier molecular flexibility index (Phi) is 3.04. The van der Waals surface area contributed by atoms with Crippen molar-refractivity contribution in [2.75, 3.05) is 0 Å². The Labute approximate surface area is 80.9 Å². The van der Waals surface area contributed by atoms with Crippen LogP contribution in [-0.4, -0.2) is 4.69 Å². The molecule has 1 aromatic rings. The molecule has 1 rings (SSSR count). The monoisotopic (exact) mass is 226 g/mol. The highest BCUT2D eigenvalue weighted by atomic mass is 79.9. The normalized spacial score (nSPS) is 10.3. The second-order valence-corrected chi connectivity index (χ2v) is 3.77. The highest BCUT2D eigenvalue weighted by Gasteiger charge is 2.01. The Balaban J connectivity index is 2.93. The molecule has 0 atom stereocenters. The number of rotatable bonds is 2. The Bertz CT molecular complexity index is 274. The van der Waals surface area contributed by atoms with Gasteiger partial charge in [0.15, 0.2) is 0 Å². The first-order chi connectivity index (χ1) is 5.61. The summed E-state index contributed by atoms with van der Waals surface area (Å²) in [4.78, 5) is 10.8. The third-order valence-corrected chi connectivity index (χ3v) is 2.26. The molecule has 0 N–H and O–H groups in total. The van der Waals surface area contributed by atoms with Crippen LogP contribution in [0.25, 0.3) is 0 Å². The third-order valence-electron chi connectivity index (χ3n) is 1.80. The SMILES string of the molecule is CC(C)c1ccc(C(=O)Br)cc1. The van der Waals surface area contributed by atoms with Crippen LogP contribution in [0.3, 0.4) is 0 Å². The van der Waals surface area contributed by atoms with Gasteiger partial charge in [-0.25, -0.2) is 0 Å². The summed E-state index contributed by atoms with van der Waals surface area (Å²) in [5.74, 6) is 0.518. The molecule has 0 heterocycles. The first-order valence-corrected chi connectivity index (χ1v) is 4.70. The van der Waals surface area contributed by atoms with Gasteiger partial charge in [0, 0.05) is 5.56 Å². The predicted molar refractivity (Wildman–Crippen MR) is 53.8 cm³/mol. The van der Waals surface area contributed by atoms with E-state index in [1.807, 2.05) is 24.3 Å². The van der Waals surface area contributed by atoms with Crippen molar-refractivity contribution in [3.05, 3.63) is 35.4 Å². The Hall–Kier alpha value is -0.630. The summed E-state index contributed by atoms with van der Waals surface area (Å²) in [6.07, 6.45) is 0. The lowest BCUT2D eigenvalue weighted by atomic mass is 10.0. The van der Waals surface area contributed by atoms with E-state index in [1.165, 1.54) is 5.56 Å². The van der Waals surface area contributed by atoms with Crippen LogP contribution >= 0.6 is 15.9 Å². The minimum atomic E-state index is -0.0576. The van der Waals surface area contributed by atoms with Gasteiger partial charge in [-0.1, -0.05) is 38.1 Å². The quantitative estimate of drug-likeness (QED) is 0.708. The van der Waals surface area contributed by atoms with Crippen molar-refractivity contribution in [3.8, 4) is 0 Å². The van der Waals surface area contributed by atoms with Gasteiger partial charge in [0.2, 0.25) is 4.69 Å². The Morgan fingerprint density at radius 2 is 1.75 bits per heavy atom. The van der Waals surface area contributed by atoms with Crippen molar-refractivity contribution in [1.82, 2.24) is 0 Å². The van der Waals surface area contributed by atoms with E-state index in [1.54, 1.807) is 0 Å². The van der Waals surface area contributed by atoms with Crippen molar-refractivity contribution >= 4 is 20.6 Å². The van der Waals surface area contributed by atoms with Crippen LogP contribution in [0.4, 0.5) is 0 Å². The van der Waals surface area contributed by atoms with E-state index in [9.17, 15) is 4.79 Å².